The van der Waals surface area contributed by atoms with Crippen LogP contribution in [0.1, 0.15) is 32.6 Å². The van der Waals surface area contributed by atoms with Crippen LogP contribution in [-0.4, -0.2) is 18.2 Å². The van der Waals surface area contributed by atoms with Crippen LogP contribution in [0.3, 0.4) is 0 Å². The van der Waals surface area contributed by atoms with Crippen LogP contribution < -0.4 is 10.2 Å². The summed E-state index contributed by atoms with van der Waals surface area (Å²) in [6.07, 6.45) is 5.20. The average Bonchev–Trinajstić information content (AvgIpc) is 3.14. The van der Waals surface area contributed by atoms with Crippen molar-refractivity contribution < 1.29 is 9.53 Å². The SMILES string of the molecule is C/C(=N\NC(=O)COc1ccc(Cl)cc1Cl)C1CC2CCC1C2. The first-order valence-corrected chi connectivity index (χ1v) is 8.69. The Bertz CT molecular complexity index is 633. The second-order valence-electron chi connectivity index (χ2n) is 6.43. The summed E-state index contributed by atoms with van der Waals surface area (Å²) < 4.78 is 5.39. The molecule has 1 aromatic rings. The van der Waals surface area contributed by atoms with E-state index in [4.69, 9.17) is 27.9 Å². The van der Waals surface area contributed by atoms with Gasteiger partial charge in [-0.3, -0.25) is 4.79 Å². The Balaban J connectivity index is 1.48. The zero-order valence-electron chi connectivity index (χ0n) is 13.0. The van der Waals surface area contributed by atoms with Gasteiger partial charge < -0.3 is 4.74 Å². The highest BCUT2D eigenvalue weighted by Gasteiger charge is 2.40. The molecule has 0 spiro atoms. The van der Waals surface area contributed by atoms with E-state index in [1.807, 2.05) is 6.92 Å². The fraction of sp³-hybridized carbons (Fsp3) is 0.529. The van der Waals surface area contributed by atoms with Crippen molar-refractivity contribution >= 4 is 34.8 Å². The van der Waals surface area contributed by atoms with Crippen molar-refractivity contribution in [1.82, 2.24) is 5.43 Å². The predicted octanol–water partition coefficient (Wildman–Crippen LogP) is 4.30. The summed E-state index contributed by atoms with van der Waals surface area (Å²) in [7, 11) is 0. The largest absolute Gasteiger partial charge is 0.482 e. The summed E-state index contributed by atoms with van der Waals surface area (Å²) in [5.74, 6) is 2.28. The number of rotatable bonds is 5. The molecule has 0 aliphatic heterocycles. The van der Waals surface area contributed by atoms with Gasteiger partial charge in [0.1, 0.15) is 5.75 Å². The minimum atomic E-state index is -0.293. The number of carbonyl (C=O) groups excluding carboxylic acids is 1. The molecule has 2 aliphatic rings. The molecule has 124 valence electrons. The third kappa shape index (κ3) is 3.99. The quantitative estimate of drug-likeness (QED) is 0.632. The molecule has 0 radical (unpaired) electrons. The van der Waals surface area contributed by atoms with Crippen molar-refractivity contribution in [1.29, 1.82) is 0 Å². The van der Waals surface area contributed by atoms with Gasteiger partial charge in [0, 0.05) is 16.7 Å². The highest BCUT2D eigenvalue weighted by atomic mass is 35.5. The summed E-state index contributed by atoms with van der Waals surface area (Å²) in [5.41, 5.74) is 3.60. The Hall–Kier alpha value is -1.26. The van der Waals surface area contributed by atoms with Gasteiger partial charge in [-0.25, -0.2) is 5.43 Å². The molecule has 0 aromatic heterocycles. The number of amides is 1. The molecule has 6 heteroatoms. The predicted molar refractivity (Wildman–Crippen MR) is 92.1 cm³/mol. The molecule has 2 aliphatic carbocycles. The molecule has 4 nitrogen and oxygen atoms in total. The lowest BCUT2D eigenvalue weighted by Gasteiger charge is -2.21. The zero-order valence-corrected chi connectivity index (χ0v) is 14.5. The van der Waals surface area contributed by atoms with E-state index in [0.29, 0.717) is 21.7 Å². The lowest BCUT2D eigenvalue weighted by atomic mass is 9.86. The number of hydrazone groups is 1. The number of hydrogen-bond acceptors (Lipinski definition) is 3. The van der Waals surface area contributed by atoms with Gasteiger partial charge in [-0.15, -0.1) is 0 Å². The minimum absolute atomic E-state index is 0.130. The van der Waals surface area contributed by atoms with Crippen LogP contribution >= 0.6 is 23.2 Å². The number of nitrogens with zero attached hydrogens (tertiary/aromatic N) is 1. The minimum Gasteiger partial charge on any atom is -0.482 e. The zero-order chi connectivity index (χ0) is 16.4. The van der Waals surface area contributed by atoms with Gasteiger partial charge >= 0.3 is 0 Å². The van der Waals surface area contributed by atoms with E-state index in [2.05, 4.69) is 10.5 Å². The van der Waals surface area contributed by atoms with Crippen LogP contribution in [0.15, 0.2) is 23.3 Å². The summed E-state index contributed by atoms with van der Waals surface area (Å²) >= 11 is 11.8. The maximum Gasteiger partial charge on any atom is 0.277 e. The fourth-order valence-electron chi connectivity index (χ4n) is 3.76. The highest BCUT2D eigenvalue weighted by Crippen LogP contribution is 2.48. The summed E-state index contributed by atoms with van der Waals surface area (Å²) in [5, 5.41) is 5.16. The third-order valence-electron chi connectivity index (χ3n) is 4.88. The standard InChI is InChI=1S/C17H20Cl2N2O2/c1-10(14-7-11-2-3-12(14)6-11)20-21-17(22)9-23-16-5-4-13(18)8-15(16)19/h4-5,8,11-12,14H,2-3,6-7,9H2,1H3,(H,21,22)/b20-10+. The molecule has 3 unspecified atom stereocenters. The number of carbonyl (C=O) groups is 1. The van der Waals surface area contributed by atoms with Crippen LogP contribution in [-0.2, 0) is 4.79 Å². The summed E-state index contributed by atoms with van der Waals surface area (Å²) in [6, 6.07) is 4.88. The maximum atomic E-state index is 11.9. The summed E-state index contributed by atoms with van der Waals surface area (Å²) in [4.78, 5) is 11.9. The Morgan fingerprint density at radius 2 is 2.17 bits per heavy atom. The van der Waals surface area contributed by atoms with E-state index in [1.54, 1.807) is 18.2 Å². The van der Waals surface area contributed by atoms with Gasteiger partial charge in [0.15, 0.2) is 6.61 Å². The Morgan fingerprint density at radius 3 is 2.83 bits per heavy atom. The van der Waals surface area contributed by atoms with E-state index in [0.717, 1.165) is 17.5 Å². The Labute approximate surface area is 146 Å². The first-order valence-electron chi connectivity index (χ1n) is 7.94. The van der Waals surface area contributed by atoms with Crippen LogP contribution in [0.4, 0.5) is 0 Å². The van der Waals surface area contributed by atoms with Gasteiger partial charge in [0.25, 0.3) is 5.91 Å². The van der Waals surface area contributed by atoms with Crippen molar-refractivity contribution in [3.8, 4) is 5.75 Å². The molecule has 2 bridgehead atoms. The lowest BCUT2D eigenvalue weighted by molar-refractivity contribution is -0.123. The number of halogens is 2. The Kier molecular flexibility index (Phi) is 5.12. The number of fused-ring (bicyclic) bond motifs is 2. The second-order valence-corrected chi connectivity index (χ2v) is 7.28. The number of benzene rings is 1. The molecular weight excluding hydrogens is 335 g/mol. The molecule has 1 N–H and O–H groups in total. The van der Waals surface area contributed by atoms with Crippen LogP contribution in [0.5, 0.6) is 5.75 Å². The van der Waals surface area contributed by atoms with Crippen molar-refractivity contribution in [2.75, 3.05) is 6.61 Å². The van der Waals surface area contributed by atoms with Gasteiger partial charge in [0.05, 0.1) is 5.02 Å². The molecule has 0 saturated heterocycles. The molecule has 3 rings (SSSR count). The number of ether oxygens (including phenoxy) is 1. The Morgan fingerprint density at radius 1 is 1.35 bits per heavy atom. The highest BCUT2D eigenvalue weighted by molar-refractivity contribution is 6.35. The van der Waals surface area contributed by atoms with Gasteiger partial charge in [-0.2, -0.15) is 5.10 Å². The molecule has 2 saturated carbocycles. The molecule has 1 aromatic carbocycles. The molecular formula is C17H20Cl2N2O2. The maximum absolute atomic E-state index is 11.9. The van der Waals surface area contributed by atoms with Crippen LogP contribution in [0.2, 0.25) is 10.0 Å². The van der Waals surface area contributed by atoms with E-state index < -0.39 is 0 Å². The number of nitrogens with one attached hydrogen (secondary N) is 1. The van der Waals surface area contributed by atoms with E-state index >= 15 is 0 Å². The van der Waals surface area contributed by atoms with Gasteiger partial charge in [-0.05, 0) is 56.2 Å². The van der Waals surface area contributed by atoms with E-state index in [-0.39, 0.29) is 12.5 Å². The van der Waals surface area contributed by atoms with Crippen molar-refractivity contribution in [3.63, 3.8) is 0 Å². The molecule has 0 heterocycles. The second kappa shape index (κ2) is 7.10. The van der Waals surface area contributed by atoms with Crippen molar-refractivity contribution in [3.05, 3.63) is 28.2 Å². The molecule has 3 atom stereocenters. The molecule has 1 amide bonds. The average molecular weight is 355 g/mol. The van der Waals surface area contributed by atoms with E-state index in [1.165, 1.54) is 25.7 Å². The van der Waals surface area contributed by atoms with Crippen LogP contribution in [0.25, 0.3) is 0 Å². The summed E-state index contributed by atoms with van der Waals surface area (Å²) in [6.45, 7) is 1.87. The van der Waals surface area contributed by atoms with Gasteiger partial charge in [-0.1, -0.05) is 29.6 Å². The molecule has 2 fully saturated rings. The normalized spacial score (nSPS) is 26.4. The fourth-order valence-corrected chi connectivity index (χ4v) is 4.22. The first-order chi connectivity index (χ1) is 11.0. The monoisotopic (exact) mass is 354 g/mol. The van der Waals surface area contributed by atoms with Crippen LogP contribution in [0, 0.1) is 17.8 Å². The third-order valence-corrected chi connectivity index (χ3v) is 5.41. The first kappa shape index (κ1) is 16.6. The number of hydrogen-bond donors (Lipinski definition) is 1. The molecule has 23 heavy (non-hydrogen) atoms. The topological polar surface area (TPSA) is 50.7 Å². The van der Waals surface area contributed by atoms with Gasteiger partial charge in [0.2, 0.25) is 0 Å². The van der Waals surface area contributed by atoms with E-state index in [9.17, 15) is 4.79 Å². The smallest absolute Gasteiger partial charge is 0.277 e. The van der Waals surface area contributed by atoms with Crippen molar-refractivity contribution in [2.45, 2.75) is 32.6 Å². The lowest BCUT2D eigenvalue weighted by Crippen LogP contribution is -2.28. The van der Waals surface area contributed by atoms with Crippen molar-refractivity contribution in [2.24, 2.45) is 22.9 Å².